The van der Waals surface area contributed by atoms with Gasteiger partial charge < -0.3 is 10.1 Å². The molecule has 2 aromatic rings. The number of nitrogens with zero attached hydrogens (tertiary/aromatic N) is 1. The molecule has 23 heavy (non-hydrogen) atoms. The molecule has 122 valence electrons. The summed E-state index contributed by atoms with van der Waals surface area (Å²) in [5, 5.41) is 2.92. The average Bonchev–Trinajstić information content (AvgIpc) is 2.49. The largest absolute Gasteiger partial charge is 0.494 e. The molecule has 0 aliphatic rings. The molecule has 0 heterocycles. The Hall–Kier alpha value is -1.60. The molecule has 0 bridgehead atoms. The van der Waals surface area contributed by atoms with Crippen LogP contribution in [0.1, 0.15) is 12.5 Å². The zero-order valence-corrected chi connectivity index (χ0v) is 15.5. The van der Waals surface area contributed by atoms with E-state index >= 15 is 0 Å². The fourth-order valence-corrected chi connectivity index (χ4v) is 2.78. The minimum atomic E-state index is -0.0135. The zero-order valence-electron chi connectivity index (χ0n) is 13.4. The van der Waals surface area contributed by atoms with Crippen LogP contribution in [-0.2, 0) is 11.3 Å². The van der Waals surface area contributed by atoms with Crippen molar-refractivity contribution in [2.75, 3.05) is 25.5 Å². The van der Waals surface area contributed by atoms with Crippen LogP contribution in [0.3, 0.4) is 0 Å². The number of likely N-dealkylation sites (N-methyl/N-ethyl adjacent to an activating group) is 1. The Balaban J connectivity index is 1.83. The van der Waals surface area contributed by atoms with Crippen LogP contribution < -0.4 is 10.1 Å². The van der Waals surface area contributed by atoms with Crippen molar-refractivity contribution in [1.29, 1.82) is 0 Å². The van der Waals surface area contributed by atoms with Crippen LogP contribution in [0.4, 0.5) is 5.69 Å². The normalized spacial score (nSPS) is 10.6. The number of ether oxygens (including phenoxy) is 1. The van der Waals surface area contributed by atoms with Crippen molar-refractivity contribution in [3.8, 4) is 5.75 Å². The number of benzene rings is 2. The molecule has 0 saturated heterocycles. The molecule has 0 aliphatic heterocycles. The minimum absolute atomic E-state index is 0.0135. The van der Waals surface area contributed by atoms with E-state index in [4.69, 9.17) is 4.74 Å². The van der Waals surface area contributed by atoms with Gasteiger partial charge in [-0.1, -0.05) is 18.2 Å². The van der Waals surface area contributed by atoms with Gasteiger partial charge in [-0.2, -0.15) is 0 Å². The monoisotopic (exact) mass is 424 g/mol. The maximum Gasteiger partial charge on any atom is 0.238 e. The summed E-state index contributed by atoms with van der Waals surface area (Å²) in [6.07, 6.45) is 0. The number of nitrogens with one attached hydrogen (secondary N) is 1. The number of carbonyl (C=O) groups excluding carboxylic acids is 1. The Morgan fingerprint density at radius 2 is 1.96 bits per heavy atom. The van der Waals surface area contributed by atoms with E-state index in [0.29, 0.717) is 19.7 Å². The van der Waals surface area contributed by atoms with Crippen molar-refractivity contribution in [3.63, 3.8) is 0 Å². The maximum atomic E-state index is 12.1. The van der Waals surface area contributed by atoms with Crippen molar-refractivity contribution in [2.24, 2.45) is 0 Å². The molecule has 0 unspecified atom stereocenters. The van der Waals surface area contributed by atoms with E-state index in [9.17, 15) is 4.79 Å². The van der Waals surface area contributed by atoms with Gasteiger partial charge in [0.25, 0.3) is 0 Å². The summed E-state index contributed by atoms with van der Waals surface area (Å²) in [6, 6.07) is 15.7. The maximum absolute atomic E-state index is 12.1. The average molecular weight is 424 g/mol. The quantitative estimate of drug-likeness (QED) is 0.689. The molecule has 0 spiro atoms. The molecular weight excluding hydrogens is 403 g/mol. The van der Waals surface area contributed by atoms with Crippen LogP contribution in [-0.4, -0.2) is 31.0 Å². The Labute approximate surface area is 151 Å². The molecule has 0 atom stereocenters. The standard InChI is InChI=1S/C18H21IN2O2/c1-3-23-17-9-7-14(8-10-17)12-21(2)13-18(22)20-16-6-4-5-15(19)11-16/h4-11H,3,12-13H2,1-2H3,(H,20,22). The van der Waals surface area contributed by atoms with Gasteiger partial charge in [-0.05, 0) is 72.5 Å². The highest BCUT2D eigenvalue weighted by molar-refractivity contribution is 14.1. The van der Waals surface area contributed by atoms with Crippen molar-refractivity contribution in [2.45, 2.75) is 13.5 Å². The van der Waals surface area contributed by atoms with Crippen molar-refractivity contribution in [1.82, 2.24) is 4.90 Å². The number of carbonyl (C=O) groups is 1. The first kappa shape index (κ1) is 17.7. The second-order valence-electron chi connectivity index (χ2n) is 5.31. The summed E-state index contributed by atoms with van der Waals surface area (Å²) >= 11 is 2.23. The molecule has 1 amide bonds. The topological polar surface area (TPSA) is 41.6 Å². The Kier molecular flexibility index (Phi) is 6.85. The highest BCUT2D eigenvalue weighted by Crippen LogP contribution is 2.14. The summed E-state index contributed by atoms with van der Waals surface area (Å²) in [5.74, 6) is 0.857. The van der Waals surface area contributed by atoms with Crippen LogP contribution >= 0.6 is 22.6 Å². The highest BCUT2D eigenvalue weighted by Gasteiger charge is 2.08. The first-order chi connectivity index (χ1) is 11.1. The van der Waals surface area contributed by atoms with Gasteiger partial charge in [0.2, 0.25) is 5.91 Å². The lowest BCUT2D eigenvalue weighted by molar-refractivity contribution is -0.117. The second-order valence-corrected chi connectivity index (χ2v) is 6.55. The summed E-state index contributed by atoms with van der Waals surface area (Å²) < 4.78 is 6.53. The van der Waals surface area contributed by atoms with Crippen LogP contribution in [0.25, 0.3) is 0 Å². The van der Waals surface area contributed by atoms with E-state index in [1.807, 2.05) is 67.4 Å². The third-order valence-corrected chi connectivity index (χ3v) is 3.88. The van der Waals surface area contributed by atoms with E-state index < -0.39 is 0 Å². The van der Waals surface area contributed by atoms with Crippen molar-refractivity contribution >= 4 is 34.2 Å². The molecule has 4 nitrogen and oxygen atoms in total. The molecule has 2 aromatic carbocycles. The van der Waals surface area contributed by atoms with Gasteiger partial charge in [0, 0.05) is 15.8 Å². The molecule has 0 fully saturated rings. The van der Waals surface area contributed by atoms with Gasteiger partial charge in [-0.3, -0.25) is 9.69 Å². The van der Waals surface area contributed by atoms with E-state index in [2.05, 4.69) is 27.9 Å². The second kappa shape index (κ2) is 8.88. The number of halogens is 1. The van der Waals surface area contributed by atoms with E-state index in [-0.39, 0.29) is 5.91 Å². The molecule has 0 aliphatic carbocycles. The van der Waals surface area contributed by atoms with Crippen molar-refractivity contribution in [3.05, 3.63) is 57.7 Å². The molecule has 2 rings (SSSR count). The van der Waals surface area contributed by atoms with E-state index in [1.165, 1.54) is 0 Å². The summed E-state index contributed by atoms with van der Waals surface area (Å²) in [6.45, 7) is 3.69. The van der Waals surface area contributed by atoms with Crippen LogP contribution in [0.5, 0.6) is 5.75 Å². The highest BCUT2D eigenvalue weighted by atomic mass is 127. The molecule has 5 heteroatoms. The van der Waals surface area contributed by atoms with Gasteiger partial charge in [0.1, 0.15) is 5.75 Å². The number of hydrogen-bond donors (Lipinski definition) is 1. The first-order valence-corrected chi connectivity index (χ1v) is 8.60. The lowest BCUT2D eigenvalue weighted by Crippen LogP contribution is -2.29. The fourth-order valence-electron chi connectivity index (χ4n) is 2.24. The predicted octanol–water partition coefficient (Wildman–Crippen LogP) is 3.76. The Morgan fingerprint density at radius 3 is 2.61 bits per heavy atom. The Bertz CT molecular complexity index is 644. The lowest BCUT2D eigenvalue weighted by atomic mass is 10.2. The summed E-state index contributed by atoms with van der Waals surface area (Å²) in [7, 11) is 1.94. The summed E-state index contributed by atoms with van der Waals surface area (Å²) in [5.41, 5.74) is 1.98. The third-order valence-electron chi connectivity index (χ3n) is 3.21. The molecule has 0 radical (unpaired) electrons. The zero-order chi connectivity index (χ0) is 16.7. The van der Waals surface area contributed by atoms with Crippen LogP contribution in [0.15, 0.2) is 48.5 Å². The van der Waals surface area contributed by atoms with Crippen LogP contribution in [0, 0.1) is 3.57 Å². The van der Waals surface area contributed by atoms with E-state index in [1.54, 1.807) is 0 Å². The van der Waals surface area contributed by atoms with Gasteiger partial charge in [0.15, 0.2) is 0 Å². The van der Waals surface area contributed by atoms with Gasteiger partial charge in [-0.25, -0.2) is 0 Å². The van der Waals surface area contributed by atoms with Crippen LogP contribution in [0.2, 0.25) is 0 Å². The number of anilines is 1. The molecule has 1 N–H and O–H groups in total. The first-order valence-electron chi connectivity index (χ1n) is 7.52. The molecular formula is C18H21IN2O2. The minimum Gasteiger partial charge on any atom is -0.494 e. The number of rotatable bonds is 7. The molecule has 0 aromatic heterocycles. The smallest absolute Gasteiger partial charge is 0.238 e. The number of hydrogen-bond acceptors (Lipinski definition) is 3. The van der Waals surface area contributed by atoms with Gasteiger partial charge in [0.05, 0.1) is 13.2 Å². The predicted molar refractivity (Wildman–Crippen MR) is 102 cm³/mol. The van der Waals surface area contributed by atoms with Gasteiger partial charge in [-0.15, -0.1) is 0 Å². The SMILES string of the molecule is CCOc1ccc(CN(C)CC(=O)Nc2cccc(I)c2)cc1. The Morgan fingerprint density at radius 1 is 1.22 bits per heavy atom. The summed E-state index contributed by atoms with van der Waals surface area (Å²) in [4.78, 5) is 14.1. The lowest BCUT2D eigenvalue weighted by Gasteiger charge is -2.16. The van der Waals surface area contributed by atoms with Crippen molar-refractivity contribution < 1.29 is 9.53 Å². The molecule has 0 saturated carbocycles. The van der Waals surface area contributed by atoms with E-state index in [0.717, 1.165) is 20.6 Å². The fraction of sp³-hybridized carbons (Fsp3) is 0.278. The van der Waals surface area contributed by atoms with Gasteiger partial charge >= 0.3 is 0 Å². The third kappa shape index (κ3) is 6.19. The number of amides is 1.